The summed E-state index contributed by atoms with van der Waals surface area (Å²) >= 11 is 3.16. The largest absolute Gasteiger partial charge is 0.497 e. The first-order chi connectivity index (χ1) is 14.9. The Kier molecular flexibility index (Phi) is 7.09. The van der Waals surface area contributed by atoms with E-state index in [2.05, 4.69) is 31.8 Å². The fourth-order valence-electron chi connectivity index (χ4n) is 2.63. The molecule has 0 radical (unpaired) electrons. The highest BCUT2D eigenvalue weighted by Crippen LogP contribution is 2.22. The van der Waals surface area contributed by atoms with Crippen molar-refractivity contribution in [3.05, 3.63) is 76.2 Å². The monoisotopic (exact) mass is 485 g/mol. The molecule has 8 nitrogen and oxygen atoms in total. The van der Waals surface area contributed by atoms with Crippen molar-refractivity contribution in [1.82, 2.24) is 5.43 Å². The first-order valence-corrected chi connectivity index (χ1v) is 9.93. The van der Waals surface area contributed by atoms with Gasteiger partial charge in [-0.1, -0.05) is 12.1 Å². The van der Waals surface area contributed by atoms with E-state index in [1.165, 1.54) is 14.2 Å². The highest BCUT2D eigenvalue weighted by Gasteiger charge is 2.12. The van der Waals surface area contributed by atoms with Gasteiger partial charge in [0.15, 0.2) is 10.4 Å². The Morgan fingerprint density at radius 2 is 1.55 bits per heavy atom. The molecule has 1 aromatic heterocycles. The third-order valence-electron chi connectivity index (χ3n) is 4.30. The standard InChI is InChI=1S/C22H20BrN3O5/c1-13(25-26-21(27)15-10-17(29-2)12-18(11-15)30-3)14-4-6-16(7-5-14)24-22(28)19-8-9-20(23)31-19/h4-12H,1-3H3,(H,24,28)(H,26,27)/b25-13-. The molecule has 2 aromatic carbocycles. The van der Waals surface area contributed by atoms with Gasteiger partial charge in [0.1, 0.15) is 11.5 Å². The van der Waals surface area contributed by atoms with Crippen molar-refractivity contribution >= 4 is 39.1 Å². The summed E-state index contributed by atoms with van der Waals surface area (Å²) in [6.07, 6.45) is 0. The molecule has 3 rings (SSSR count). The Bertz CT molecular complexity index is 1100. The van der Waals surface area contributed by atoms with E-state index in [0.717, 1.165) is 5.56 Å². The smallest absolute Gasteiger partial charge is 0.291 e. The van der Waals surface area contributed by atoms with Crippen LogP contribution in [0.1, 0.15) is 33.4 Å². The summed E-state index contributed by atoms with van der Waals surface area (Å²) in [5, 5.41) is 6.89. The molecule has 9 heteroatoms. The molecule has 0 saturated heterocycles. The number of anilines is 1. The molecule has 0 spiro atoms. The lowest BCUT2D eigenvalue weighted by atomic mass is 10.1. The van der Waals surface area contributed by atoms with Gasteiger partial charge in [-0.2, -0.15) is 5.10 Å². The Hall–Kier alpha value is -3.59. The second kappa shape index (κ2) is 9.94. The van der Waals surface area contributed by atoms with Crippen LogP contribution in [0.25, 0.3) is 0 Å². The molecule has 0 atom stereocenters. The topological polar surface area (TPSA) is 102 Å². The number of amides is 2. The zero-order valence-corrected chi connectivity index (χ0v) is 18.6. The van der Waals surface area contributed by atoms with Crippen LogP contribution in [0.2, 0.25) is 0 Å². The molecule has 3 aromatic rings. The van der Waals surface area contributed by atoms with Gasteiger partial charge in [0, 0.05) is 17.3 Å². The van der Waals surface area contributed by atoms with E-state index in [1.54, 1.807) is 61.5 Å². The molecule has 0 bridgehead atoms. The first-order valence-electron chi connectivity index (χ1n) is 9.14. The number of methoxy groups -OCH3 is 2. The molecule has 31 heavy (non-hydrogen) atoms. The van der Waals surface area contributed by atoms with Crippen LogP contribution < -0.4 is 20.2 Å². The number of carbonyl (C=O) groups is 2. The van der Waals surface area contributed by atoms with Gasteiger partial charge in [-0.3, -0.25) is 9.59 Å². The third-order valence-corrected chi connectivity index (χ3v) is 4.72. The van der Waals surface area contributed by atoms with Gasteiger partial charge in [0.2, 0.25) is 0 Å². The second-order valence-corrected chi connectivity index (χ2v) is 7.16. The van der Waals surface area contributed by atoms with Crippen molar-refractivity contribution in [2.24, 2.45) is 5.10 Å². The molecule has 0 saturated carbocycles. The van der Waals surface area contributed by atoms with Gasteiger partial charge < -0.3 is 19.2 Å². The second-order valence-electron chi connectivity index (χ2n) is 6.37. The number of hydrazone groups is 1. The van der Waals surface area contributed by atoms with Crippen LogP contribution in [0.15, 0.2) is 68.8 Å². The highest BCUT2D eigenvalue weighted by molar-refractivity contribution is 9.10. The van der Waals surface area contributed by atoms with Crippen LogP contribution in [0, 0.1) is 0 Å². The van der Waals surface area contributed by atoms with Gasteiger partial charge in [0.05, 0.1) is 19.9 Å². The van der Waals surface area contributed by atoms with Crippen LogP contribution in [-0.4, -0.2) is 31.7 Å². The summed E-state index contributed by atoms with van der Waals surface area (Å²) < 4.78 is 16.1. The first kappa shape index (κ1) is 22.1. The van der Waals surface area contributed by atoms with Gasteiger partial charge in [-0.05, 0) is 64.8 Å². The molecule has 2 amide bonds. The minimum atomic E-state index is -0.398. The van der Waals surface area contributed by atoms with E-state index >= 15 is 0 Å². The Morgan fingerprint density at radius 1 is 0.903 bits per heavy atom. The fraction of sp³-hybridized carbons (Fsp3) is 0.136. The maximum absolute atomic E-state index is 12.4. The van der Waals surface area contributed by atoms with Crippen molar-refractivity contribution in [1.29, 1.82) is 0 Å². The van der Waals surface area contributed by atoms with Gasteiger partial charge >= 0.3 is 0 Å². The van der Waals surface area contributed by atoms with Crippen LogP contribution in [0.3, 0.4) is 0 Å². The number of furan rings is 1. The minimum Gasteiger partial charge on any atom is -0.497 e. The predicted octanol–water partition coefficient (Wildman–Crippen LogP) is 4.47. The van der Waals surface area contributed by atoms with E-state index in [0.29, 0.717) is 33.1 Å². The number of hydrogen-bond acceptors (Lipinski definition) is 6. The number of rotatable bonds is 7. The normalized spacial score (nSPS) is 11.0. The zero-order valence-electron chi connectivity index (χ0n) is 17.1. The van der Waals surface area contributed by atoms with Crippen LogP contribution in [0.5, 0.6) is 11.5 Å². The van der Waals surface area contributed by atoms with Crippen LogP contribution in [0.4, 0.5) is 5.69 Å². The maximum atomic E-state index is 12.4. The Labute approximate surface area is 187 Å². The highest BCUT2D eigenvalue weighted by atomic mass is 79.9. The summed E-state index contributed by atoms with van der Waals surface area (Å²) in [6, 6.07) is 15.1. The van der Waals surface area contributed by atoms with E-state index in [-0.39, 0.29) is 11.7 Å². The molecule has 0 aliphatic rings. The average Bonchev–Trinajstić information content (AvgIpc) is 3.23. The number of hydrogen-bond donors (Lipinski definition) is 2. The van der Waals surface area contributed by atoms with Crippen molar-refractivity contribution < 1.29 is 23.5 Å². The van der Waals surface area contributed by atoms with E-state index in [1.807, 2.05) is 0 Å². The molecular formula is C22H20BrN3O5. The quantitative estimate of drug-likeness (QED) is 0.379. The molecule has 0 aliphatic carbocycles. The number of halogens is 1. The number of nitrogens with one attached hydrogen (secondary N) is 2. The number of carbonyl (C=O) groups excluding carboxylic acids is 2. The molecule has 160 valence electrons. The third kappa shape index (κ3) is 5.73. The van der Waals surface area contributed by atoms with Gasteiger partial charge in [-0.25, -0.2) is 5.43 Å². The minimum absolute atomic E-state index is 0.200. The Morgan fingerprint density at radius 3 is 2.10 bits per heavy atom. The number of ether oxygens (including phenoxy) is 2. The fourth-order valence-corrected chi connectivity index (χ4v) is 2.93. The maximum Gasteiger partial charge on any atom is 0.291 e. The Balaban J connectivity index is 1.65. The van der Waals surface area contributed by atoms with Crippen LogP contribution >= 0.6 is 15.9 Å². The SMILES string of the molecule is COc1cc(OC)cc(C(=O)N/N=C(/C)c2ccc(NC(=O)c3ccc(Br)o3)cc2)c1. The summed E-state index contributed by atoms with van der Waals surface area (Å²) in [4.78, 5) is 24.6. The van der Waals surface area contributed by atoms with Gasteiger partial charge in [-0.15, -0.1) is 0 Å². The molecular weight excluding hydrogens is 466 g/mol. The molecule has 1 heterocycles. The lowest BCUT2D eigenvalue weighted by Crippen LogP contribution is -2.19. The average molecular weight is 486 g/mol. The van der Waals surface area contributed by atoms with Crippen molar-refractivity contribution in [2.45, 2.75) is 6.92 Å². The summed E-state index contributed by atoms with van der Waals surface area (Å²) in [5.74, 6) is 0.454. The number of benzene rings is 2. The van der Waals surface area contributed by atoms with Crippen LogP contribution in [-0.2, 0) is 0 Å². The molecule has 0 aliphatic heterocycles. The zero-order chi connectivity index (χ0) is 22.4. The summed E-state index contributed by atoms with van der Waals surface area (Å²) in [5.41, 5.74) is 4.85. The number of nitrogens with zero attached hydrogens (tertiary/aromatic N) is 1. The summed E-state index contributed by atoms with van der Waals surface area (Å²) in [6.45, 7) is 1.76. The van der Waals surface area contributed by atoms with Crippen molar-refractivity contribution in [2.75, 3.05) is 19.5 Å². The summed E-state index contributed by atoms with van der Waals surface area (Å²) in [7, 11) is 3.02. The predicted molar refractivity (Wildman–Crippen MR) is 120 cm³/mol. The van der Waals surface area contributed by atoms with E-state index in [9.17, 15) is 9.59 Å². The van der Waals surface area contributed by atoms with E-state index in [4.69, 9.17) is 13.9 Å². The van der Waals surface area contributed by atoms with Crippen molar-refractivity contribution in [3.63, 3.8) is 0 Å². The molecule has 2 N–H and O–H groups in total. The van der Waals surface area contributed by atoms with E-state index < -0.39 is 5.91 Å². The lowest BCUT2D eigenvalue weighted by Gasteiger charge is -2.08. The van der Waals surface area contributed by atoms with Gasteiger partial charge in [0.25, 0.3) is 11.8 Å². The molecule has 0 fully saturated rings. The molecule has 0 unspecified atom stereocenters. The van der Waals surface area contributed by atoms with Crippen molar-refractivity contribution in [3.8, 4) is 11.5 Å². The lowest BCUT2D eigenvalue weighted by molar-refractivity contribution is 0.0952.